The second-order valence-electron chi connectivity index (χ2n) is 13.7. The van der Waals surface area contributed by atoms with Gasteiger partial charge in [-0.1, -0.05) is 60.7 Å². The van der Waals surface area contributed by atoms with Crippen LogP contribution in [-0.2, 0) is 24.6 Å². The minimum atomic E-state index is -1.25. The van der Waals surface area contributed by atoms with E-state index in [1.54, 1.807) is 6.21 Å². The molecule has 0 radical (unpaired) electrons. The van der Waals surface area contributed by atoms with Gasteiger partial charge >= 0.3 is 0 Å². The highest BCUT2D eigenvalue weighted by Crippen LogP contribution is 2.66. The molecule has 9 aliphatic rings. The maximum atomic E-state index is 14.6. The predicted octanol–water partition coefficient (Wildman–Crippen LogP) is 4.18. The minimum absolute atomic E-state index is 0.0510. The van der Waals surface area contributed by atoms with Crippen LogP contribution in [0.3, 0.4) is 0 Å². The number of hydrogen-bond donors (Lipinski definition) is 0. The topological polar surface area (TPSA) is 130 Å². The number of nitro groups is 1. The smallest absolute Gasteiger partial charge is 0.269 e. The molecule has 0 aromatic heterocycles. The number of nitrogens with zero attached hydrogens (tertiary/aromatic N) is 4. The van der Waals surface area contributed by atoms with E-state index in [4.69, 9.17) is 5.10 Å². The molecule has 8 atom stereocenters. The second kappa shape index (κ2) is 8.51. The van der Waals surface area contributed by atoms with Crippen LogP contribution in [0.2, 0.25) is 0 Å². The van der Waals surface area contributed by atoms with Gasteiger partial charge in [-0.3, -0.25) is 29.3 Å². The molecule has 12 rings (SSSR count). The number of rotatable bonds is 4. The summed E-state index contributed by atoms with van der Waals surface area (Å²) in [6.45, 7) is 0. The van der Waals surface area contributed by atoms with Crippen molar-refractivity contribution in [3.8, 4) is 0 Å². The fourth-order valence-corrected chi connectivity index (χ4v) is 10.2. The van der Waals surface area contributed by atoms with Crippen LogP contribution in [0, 0.1) is 57.5 Å². The zero-order chi connectivity index (χ0) is 31.2. The summed E-state index contributed by atoms with van der Waals surface area (Å²) >= 11 is 0. The molecule has 2 saturated carbocycles. The molecule has 10 nitrogen and oxygen atoms in total. The van der Waals surface area contributed by atoms with Crippen molar-refractivity contribution >= 4 is 41.2 Å². The lowest BCUT2D eigenvalue weighted by molar-refractivity contribution is -0.384. The molecular weight excluding hydrogens is 584 g/mol. The van der Waals surface area contributed by atoms with Crippen LogP contribution in [0.25, 0.3) is 0 Å². The summed E-state index contributed by atoms with van der Waals surface area (Å²) in [6.07, 6.45) is 6.88. The lowest BCUT2D eigenvalue weighted by Gasteiger charge is -2.52. The minimum Gasteiger partial charge on any atom is -0.274 e. The zero-order valence-corrected chi connectivity index (χ0v) is 24.3. The number of carbonyl (C=O) groups is 4. The average Bonchev–Trinajstić information content (AvgIpc) is 3.81. The van der Waals surface area contributed by atoms with E-state index in [9.17, 15) is 29.3 Å². The first kappa shape index (κ1) is 26.0. The van der Waals surface area contributed by atoms with Gasteiger partial charge in [0.05, 0.1) is 39.7 Å². The predicted molar refractivity (Wildman–Crippen MR) is 163 cm³/mol. The first-order valence-corrected chi connectivity index (χ1v) is 15.8. The van der Waals surface area contributed by atoms with Crippen molar-refractivity contribution in [2.75, 3.05) is 4.90 Å². The van der Waals surface area contributed by atoms with Crippen LogP contribution in [0.5, 0.6) is 0 Å². The van der Waals surface area contributed by atoms with Crippen LogP contribution in [0.15, 0.2) is 90.0 Å². The monoisotopic (exact) mass is 610 g/mol. The molecule has 2 aliphatic heterocycles. The Bertz CT molecular complexity index is 1950. The molecule has 2 heterocycles. The fraction of sp³-hybridized carbons (Fsp3) is 0.306. The van der Waals surface area contributed by atoms with E-state index in [1.807, 2.05) is 48.5 Å². The van der Waals surface area contributed by atoms with Crippen LogP contribution in [0.1, 0.15) is 34.6 Å². The molecule has 226 valence electrons. The number of hydrogen-bond acceptors (Lipinski definition) is 7. The van der Waals surface area contributed by atoms with Crippen molar-refractivity contribution in [1.29, 1.82) is 0 Å². The summed E-state index contributed by atoms with van der Waals surface area (Å²) in [5, 5.41) is 17.1. The van der Waals surface area contributed by atoms with Crippen molar-refractivity contribution < 1.29 is 24.1 Å². The van der Waals surface area contributed by atoms with Crippen molar-refractivity contribution in [3.63, 3.8) is 0 Å². The molecule has 0 spiro atoms. The SMILES string of the molecule is O=C1[C@@H]2[C@H]3C=C[C@@H]([C@@H]4C[C@H]34)[C@@H]2C(=O)N1/N=C\C12c3ccccc3C(c3ccccc31)[C@@H]1C(=O)N(c3ccc([N+](=O)[O-])cc3)C(=O)[C@@H]12. The lowest BCUT2D eigenvalue weighted by Crippen LogP contribution is -2.55. The number of non-ortho nitro benzene ring substituents is 1. The van der Waals surface area contributed by atoms with Crippen molar-refractivity contribution in [2.45, 2.75) is 17.8 Å². The van der Waals surface area contributed by atoms with E-state index in [0.717, 1.165) is 38.6 Å². The second-order valence-corrected chi connectivity index (χ2v) is 13.7. The van der Waals surface area contributed by atoms with E-state index >= 15 is 0 Å². The van der Waals surface area contributed by atoms with Gasteiger partial charge in [-0.15, -0.1) is 0 Å². The Morgan fingerprint density at radius 3 is 1.87 bits per heavy atom. The molecule has 4 amide bonds. The maximum absolute atomic E-state index is 14.6. The van der Waals surface area contributed by atoms with Crippen molar-refractivity contribution in [2.24, 2.45) is 52.4 Å². The Hall–Kier alpha value is -5.25. The van der Waals surface area contributed by atoms with Crippen molar-refractivity contribution in [3.05, 3.63) is 117 Å². The van der Waals surface area contributed by atoms with Crippen LogP contribution < -0.4 is 4.90 Å². The first-order chi connectivity index (χ1) is 22.3. The average molecular weight is 611 g/mol. The standard InChI is InChI=1S/C36H26N4O6/c41-32-30-27-21-5-1-3-7-25(21)36(26-8-4-2-6-22(26)27,31(30)35(44)38(32)17-9-11-18(12-10-17)40(45)46)16-37-39-33(42)28-19-13-14-20(24-15-23(19)24)29(28)34(39)43/h1-14,16,19-20,23-24,27-31H,15H2/b37-16-/t19-,20-,23-,24+,27?,28-,29+,30-,31+,36?/m0/s1. The fourth-order valence-electron chi connectivity index (χ4n) is 10.2. The van der Waals surface area contributed by atoms with Crippen LogP contribution >= 0.6 is 0 Å². The quantitative estimate of drug-likeness (QED) is 0.143. The summed E-state index contributed by atoms with van der Waals surface area (Å²) in [7, 11) is 0. The highest BCUT2D eigenvalue weighted by Gasteiger charge is 2.69. The number of anilines is 1. The Morgan fingerprint density at radius 2 is 1.30 bits per heavy atom. The first-order valence-electron chi connectivity index (χ1n) is 15.8. The van der Waals surface area contributed by atoms with Gasteiger partial charge in [0.15, 0.2) is 0 Å². The molecular formula is C36H26N4O6. The zero-order valence-electron chi connectivity index (χ0n) is 24.3. The number of benzene rings is 3. The molecule has 3 aromatic rings. The van der Waals surface area contributed by atoms with Gasteiger partial charge in [-0.05, 0) is 64.5 Å². The summed E-state index contributed by atoms with van der Waals surface area (Å²) in [6, 6.07) is 20.8. The van der Waals surface area contributed by atoms with Crippen LogP contribution in [0.4, 0.5) is 11.4 Å². The van der Waals surface area contributed by atoms with E-state index in [-0.39, 0.29) is 35.0 Å². The van der Waals surface area contributed by atoms with E-state index in [2.05, 4.69) is 12.2 Å². The maximum Gasteiger partial charge on any atom is 0.269 e. The molecule has 4 bridgehead atoms. The molecule has 0 N–H and O–H groups in total. The van der Waals surface area contributed by atoms with Crippen LogP contribution in [-0.4, -0.2) is 39.8 Å². The third-order valence-electron chi connectivity index (χ3n) is 12.0. The number of imide groups is 2. The Kier molecular flexibility index (Phi) is 4.81. The molecule has 10 heteroatoms. The number of allylic oxidation sites excluding steroid dienone is 2. The molecule has 3 aromatic carbocycles. The number of nitro benzene ring substituents is 1. The third kappa shape index (κ3) is 2.91. The van der Waals surface area contributed by atoms with Gasteiger partial charge < -0.3 is 0 Å². The van der Waals surface area contributed by atoms with E-state index in [0.29, 0.717) is 11.8 Å². The van der Waals surface area contributed by atoms with Gasteiger partial charge in [0.25, 0.3) is 17.5 Å². The summed E-state index contributed by atoms with van der Waals surface area (Å²) in [5.74, 6) is -3.34. The summed E-state index contributed by atoms with van der Waals surface area (Å²) in [4.78, 5) is 68.7. The van der Waals surface area contributed by atoms with Gasteiger partial charge in [-0.2, -0.15) is 10.1 Å². The largest absolute Gasteiger partial charge is 0.274 e. The molecule has 2 saturated heterocycles. The lowest BCUT2D eigenvalue weighted by atomic mass is 9.47. The highest BCUT2D eigenvalue weighted by atomic mass is 16.6. The highest BCUT2D eigenvalue weighted by molar-refractivity contribution is 6.25. The summed E-state index contributed by atoms with van der Waals surface area (Å²) in [5.41, 5.74) is 2.29. The third-order valence-corrected chi connectivity index (χ3v) is 12.0. The van der Waals surface area contributed by atoms with Gasteiger partial charge in [0.1, 0.15) is 0 Å². The van der Waals surface area contributed by atoms with Gasteiger partial charge in [0.2, 0.25) is 11.8 Å². The van der Waals surface area contributed by atoms with E-state index < -0.39 is 51.7 Å². The summed E-state index contributed by atoms with van der Waals surface area (Å²) < 4.78 is 0. The number of amides is 4. The van der Waals surface area contributed by atoms with Gasteiger partial charge in [-0.25, -0.2) is 4.90 Å². The molecule has 46 heavy (non-hydrogen) atoms. The normalized spacial score (nSPS) is 37.0. The van der Waals surface area contributed by atoms with Crippen molar-refractivity contribution in [1.82, 2.24) is 5.01 Å². The molecule has 0 unspecified atom stereocenters. The van der Waals surface area contributed by atoms with Gasteiger partial charge in [0, 0.05) is 24.3 Å². The Morgan fingerprint density at radius 1 is 0.739 bits per heavy atom. The number of hydrazone groups is 1. The molecule has 4 fully saturated rings. The Labute approximate surface area is 262 Å². The number of carbonyl (C=O) groups excluding carboxylic acids is 4. The molecule has 7 aliphatic carbocycles. The Balaban J connectivity index is 1.14. The van der Waals surface area contributed by atoms with E-state index in [1.165, 1.54) is 24.3 Å².